The number of allylic oxidation sites excluding steroid dienone is 2. The van der Waals surface area contributed by atoms with Crippen LogP contribution in [0.3, 0.4) is 0 Å². The van der Waals surface area contributed by atoms with Crippen LogP contribution in [0.5, 0.6) is 0 Å². The summed E-state index contributed by atoms with van der Waals surface area (Å²) in [5, 5.41) is 1.56. The molecule has 2 aromatic rings. The van der Waals surface area contributed by atoms with Crippen LogP contribution in [-0.4, -0.2) is 8.07 Å². The summed E-state index contributed by atoms with van der Waals surface area (Å²) in [4.78, 5) is 0. The van der Waals surface area contributed by atoms with Gasteiger partial charge in [-0.2, -0.15) is 18.2 Å². The molecule has 0 spiro atoms. The maximum absolute atomic E-state index is 3.00. The van der Waals surface area contributed by atoms with Crippen molar-refractivity contribution in [2.24, 2.45) is 29.1 Å². The zero-order valence-electron chi connectivity index (χ0n) is 25.4. The summed E-state index contributed by atoms with van der Waals surface area (Å²) in [6.45, 7) is 23.1. The molecule has 4 aliphatic carbocycles. The Kier molecular flexibility index (Phi) is 13.8. The average molecular weight is 748 g/mol. The maximum Gasteiger partial charge on any atom is 4.00 e. The second kappa shape index (κ2) is 14.7. The molecule has 0 bridgehead atoms. The molecule has 2 saturated carbocycles. The van der Waals surface area contributed by atoms with Crippen LogP contribution in [0.4, 0.5) is 0 Å². The average Bonchev–Trinajstić information content (AvgIpc) is 3.53. The van der Waals surface area contributed by atoms with Gasteiger partial charge in [-0.25, -0.2) is 28.3 Å². The quantitative estimate of drug-likeness (QED) is 0.239. The summed E-state index contributed by atoms with van der Waals surface area (Å²) < 4.78 is 0. The Morgan fingerprint density at radius 1 is 0.974 bits per heavy atom. The van der Waals surface area contributed by atoms with Gasteiger partial charge in [-0.3, -0.25) is 0 Å². The largest absolute Gasteiger partial charge is 4.00 e. The smallest absolute Gasteiger partial charge is 1.00 e. The molecule has 0 amide bonds. The van der Waals surface area contributed by atoms with E-state index in [2.05, 4.69) is 109 Å². The first-order valence-corrected chi connectivity index (χ1v) is 18.0. The fourth-order valence-corrected chi connectivity index (χ4v) is 9.08. The van der Waals surface area contributed by atoms with Crippen molar-refractivity contribution >= 4 is 13.3 Å². The van der Waals surface area contributed by atoms with Crippen LogP contribution in [0.15, 0.2) is 72.8 Å². The van der Waals surface area contributed by atoms with Gasteiger partial charge in [-0.15, -0.1) is 20.1 Å². The van der Waals surface area contributed by atoms with Crippen molar-refractivity contribution in [3.63, 3.8) is 0 Å². The number of halogens is 2. The molecule has 2 fully saturated rings. The third-order valence-corrected chi connectivity index (χ3v) is 12.5. The molecular weight excluding hydrogens is 698 g/mol. The predicted octanol–water partition coefficient (Wildman–Crippen LogP) is 3.48. The summed E-state index contributed by atoms with van der Waals surface area (Å²) in [5.74, 6) is 6.00. The van der Waals surface area contributed by atoms with E-state index in [-0.39, 0.29) is 50.7 Å². The van der Waals surface area contributed by atoms with Gasteiger partial charge in [-0.05, 0) is 30.6 Å². The van der Waals surface area contributed by atoms with Gasteiger partial charge in [0.2, 0.25) is 0 Å². The number of hydrogen-bond acceptors (Lipinski definition) is 0. The summed E-state index contributed by atoms with van der Waals surface area (Å²) in [7, 11) is -0.981. The van der Waals surface area contributed by atoms with Crippen molar-refractivity contribution in [1.82, 2.24) is 0 Å². The van der Waals surface area contributed by atoms with Gasteiger partial charge in [0.1, 0.15) is 0 Å². The number of rotatable bonds is 1. The van der Waals surface area contributed by atoms with Crippen LogP contribution >= 0.6 is 0 Å². The van der Waals surface area contributed by atoms with Crippen LogP contribution in [0.2, 0.25) is 19.6 Å². The van der Waals surface area contributed by atoms with Crippen molar-refractivity contribution in [1.29, 1.82) is 0 Å². The maximum atomic E-state index is 3.00. The van der Waals surface area contributed by atoms with E-state index in [1.807, 2.05) is 11.1 Å². The molecule has 2 aromatic carbocycles. The first-order chi connectivity index (χ1) is 17.1. The fraction of sp³-hybridized carbons (Fsp3) is 0.543. The van der Waals surface area contributed by atoms with Crippen molar-refractivity contribution in [2.75, 3.05) is 0 Å². The van der Waals surface area contributed by atoms with Crippen LogP contribution in [0.25, 0.3) is 0 Å². The van der Waals surface area contributed by atoms with Crippen molar-refractivity contribution in [3.8, 4) is 0 Å². The molecule has 6 rings (SSSR count). The molecule has 0 nitrogen and oxygen atoms in total. The van der Waals surface area contributed by atoms with Gasteiger partial charge in [0.25, 0.3) is 0 Å². The van der Waals surface area contributed by atoms with Crippen LogP contribution in [0, 0.1) is 35.0 Å². The molecule has 0 radical (unpaired) electrons. The van der Waals surface area contributed by atoms with Gasteiger partial charge in [0, 0.05) is 8.07 Å². The monoisotopic (exact) mass is 748 g/mol. The summed E-state index contributed by atoms with van der Waals surface area (Å²) in [6.07, 6.45) is 8.52. The molecule has 0 saturated heterocycles. The van der Waals surface area contributed by atoms with E-state index < -0.39 is 8.07 Å². The van der Waals surface area contributed by atoms with Crippen molar-refractivity contribution < 1.29 is 50.7 Å². The molecule has 4 heteroatoms. The van der Waals surface area contributed by atoms with E-state index >= 15 is 0 Å². The van der Waals surface area contributed by atoms with Gasteiger partial charge in [0.15, 0.2) is 0 Å². The molecule has 0 N–H and O–H groups in total. The van der Waals surface area contributed by atoms with Crippen LogP contribution in [0.1, 0.15) is 76.8 Å². The minimum atomic E-state index is -0.981. The molecule has 0 heterocycles. The molecular formula is C35H50Cl2HfSi. The molecule has 39 heavy (non-hydrogen) atoms. The zero-order valence-corrected chi connectivity index (χ0v) is 31.5. The molecule has 0 aromatic heterocycles. The topological polar surface area (TPSA) is 0 Å². The third-order valence-electron chi connectivity index (χ3n) is 10.4. The molecule has 5 unspecified atom stereocenters. The SMILES string of the molecule is C=C.C[C-]1C2=C3Cc4ccccc4C3C3CCCCC3C2CC(C)C1(C)C.C[Si](C)(C)c1cc[cH-]c1.[Cl-].[Cl-].[Hf+4]. The molecule has 4 aliphatic rings. The zero-order chi connectivity index (χ0) is 26.3. The summed E-state index contributed by atoms with van der Waals surface area (Å²) >= 11 is 0. The van der Waals surface area contributed by atoms with Crippen molar-refractivity contribution in [3.05, 3.63) is 89.9 Å². The Morgan fingerprint density at radius 2 is 1.59 bits per heavy atom. The van der Waals surface area contributed by atoms with E-state index in [9.17, 15) is 0 Å². The van der Waals surface area contributed by atoms with E-state index in [1.165, 1.54) is 38.5 Å². The number of hydrogen-bond donors (Lipinski definition) is 0. The fourth-order valence-electron chi connectivity index (χ4n) is 7.88. The Labute approximate surface area is 272 Å². The van der Waals surface area contributed by atoms with Gasteiger partial charge in [-0.1, -0.05) is 119 Å². The van der Waals surface area contributed by atoms with E-state index in [0.29, 0.717) is 5.41 Å². The second-order valence-electron chi connectivity index (χ2n) is 13.4. The number of benzene rings is 1. The summed E-state index contributed by atoms with van der Waals surface area (Å²) in [6, 6.07) is 18.1. The predicted molar refractivity (Wildman–Crippen MR) is 162 cm³/mol. The molecule has 212 valence electrons. The van der Waals surface area contributed by atoms with Gasteiger partial charge < -0.3 is 24.8 Å². The Hall–Kier alpha value is -0.413. The van der Waals surface area contributed by atoms with E-state index in [0.717, 1.165) is 29.6 Å². The van der Waals surface area contributed by atoms with Crippen molar-refractivity contribution in [2.45, 2.75) is 91.8 Å². The molecule has 5 atom stereocenters. The summed E-state index contributed by atoms with van der Waals surface area (Å²) in [5.41, 5.74) is 7.35. The standard InChI is InChI=1S/C25H33.C8H13Si.C2H4.2ClH.Hf/c1-15-13-21-19-11-7-8-12-20(19)24-18-10-6-5-9-17(18)14-22(24)23(21)16(2)25(15,3)4;1-9(2,3)8-6-4-5-7-8;1-2;;;/h5-6,9-10,15,19-21,24H,7-8,11-14H2,1-4H3;4-7H,1-3H3;1-2H2;2*1H;/q2*-1;;;;+4/p-2. The van der Waals surface area contributed by atoms with E-state index in [4.69, 9.17) is 0 Å². The van der Waals surface area contributed by atoms with Gasteiger partial charge in [0.05, 0.1) is 0 Å². The first kappa shape index (κ1) is 36.6. The minimum Gasteiger partial charge on any atom is -1.00 e. The number of fused-ring (bicyclic) bond motifs is 7. The van der Waals surface area contributed by atoms with Crippen LogP contribution in [-0.2, 0) is 32.3 Å². The first-order valence-electron chi connectivity index (χ1n) is 14.5. The Morgan fingerprint density at radius 3 is 2.15 bits per heavy atom. The van der Waals surface area contributed by atoms with E-state index in [1.54, 1.807) is 22.2 Å². The Bertz CT molecular complexity index is 1060. The minimum absolute atomic E-state index is 0. The van der Waals surface area contributed by atoms with Gasteiger partial charge >= 0.3 is 25.8 Å². The normalized spacial score (nSPS) is 27.7. The third kappa shape index (κ3) is 6.98. The second-order valence-corrected chi connectivity index (χ2v) is 18.5. The molecule has 0 aliphatic heterocycles. The van der Waals surface area contributed by atoms with Crippen LogP contribution < -0.4 is 30.0 Å². The Balaban J connectivity index is 0.000000468.